The first-order chi connectivity index (χ1) is 13.6. The maximum atomic E-state index is 12.8. The Hall–Kier alpha value is -3.00. The number of benzene rings is 1. The molecule has 3 heterocycles. The van der Waals surface area contributed by atoms with Gasteiger partial charge in [-0.3, -0.25) is 19.7 Å². The van der Waals surface area contributed by atoms with Gasteiger partial charge in [-0.25, -0.2) is 0 Å². The zero-order valence-electron chi connectivity index (χ0n) is 15.0. The number of carbonyl (C=O) groups is 2. The van der Waals surface area contributed by atoms with Crippen LogP contribution in [0.5, 0.6) is 0 Å². The molecule has 8 heteroatoms. The molecule has 0 saturated carbocycles. The Bertz CT molecular complexity index is 997. The zero-order chi connectivity index (χ0) is 19.5. The summed E-state index contributed by atoms with van der Waals surface area (Å²) in [4.78, 5) is 33.2. The first-order valence-electron chi connectivity index (χ1n) is 8.93. The average Bonchev–Trinajstić information content (AvgIpc) is 3.24. The predicted molar refractivity (Wildman–Crippen MR) is 108 cm³/mol. The average molecular weight is 440 g/mol. The highest BCUT2D eigenvalue weighted by Gasteiger charge is 2.27. The van der Waals surface area contributed by atoms with Crippen molar-refractivity contribution in [3.8, 4) is 11.4 Å². The molecule has 0 bridgehead atoms. The molecule has 3 aromatic rings. The van der Waals surface area contributed by atoms with E-state index in [2.05, 4.69) is 31.1 Å². The lowest BCUT2D eigenvalue weighted by atomic mass is 10.1. The van der Waals surface area contributed by atoms with Crippen molar-refractivity contribution < 1.29 is 9.59 Å². The number of H-pyrrole nitrogens is 1. The fraction of sp³-hybridized carbons (Fsp3) is 0.200. The number of pyridine rings is 1. The third kappa shape index (κ3) is 3.68. The third-order valence-electron chi connectivity index (χ3n) is 4.69. The van der Waals surface area contributed by atoms with Gasteiger partial charge in [-0.1, -0.05) is 18.2 Å². The summed E-state index contributed by atoms with van der Waals surface area (Å²) in [6.45, 7) is 1.94. The Balaban J connectivity index is 1.40. The van der Waals surface area contributed by atoms with Crippen LogP contribution in [-0.2, 0) is 0 Å². The summed E-state index contributed by atoms with van der Waals surface area (Å²) in [7, 11) is 0. The summed E-state index contributed by atoms with van der Waals surface area (Å²) < 4.78 is 0.776. The number of carbonyl (C=O) groups excluding carboxylic acids is 2. The van der Waals surface area contributed by atoms with Crippen LogP contribution >= 0.6 is 15.9 Å². The van der Waals surface area contributed by atoms with Crippen LogP contribution in [0.25, 0.3) is 11.4 Å². The van der Waals surface area contributed by atoms with E-state index in [-0.39, 0.29) is 11.8 Å². The number of piperazine rings is 1. The molecule has 0 atom stereocenters. The van der Waals surface area contributed by atoms with E-state index in [4.69, 9.17) is 0 Å². The predicted octanol–water partition coefficient (Wildman–Crippen LogP) is 2.83. The van der Waals surface area contributed by atoms with Gasteiger partial charge in [0.15, 0.2) is 0 Å². The molecule has 0 aliphatic carbocycles. The number of rotatable bonds is 3. The largest absolute Gasteiger partial charge is 0.335 e. The van der Waals surface area contributed by atoms with E-state index in [1.165, 1.54) is 0 Å². The number of amides is 2. The van der Waals surface area contributed by atoms with Gasteiger partial charge in [0.1, 0.15) is 11.4 Å². The van der Waals surface area contributed by atoms with Crippen LogP contribution in [0, 0.1) is 0 Å². The molecule has 1 N–H and O–H groups in total. The summed E-state index contributed by atoms with van der Waals surface area (Å²) in [6, 6.07) is 14.6. The van der Waals surface area contributed by atoms with Gasteiger partial charge in [0.25, 0.3) is 11.8 Å². The van der Waals surface area contributed by atoms with E-state index in [1.807, 2.05) is 36.4 Å². The Kier molecular flexibility index (Phi) is 5.21. The second-order valence-corrected chi connectivity index (χ2v) is 7.30. The number of aromatic nitrogens is 3. The minimum Gasteiger partial charge on any atom is -0.335 e. The number of halogens is 1. The molecule has 1 fully saturated rings. The number of nitrogens with zero attached hydrogens (tertiary/aromatic N) is 4. The van der Waals surface area contributed by atoms with Crippen molar-refractivity contribution in [2.24, 2.45) is 0 Å². The Morgan fingerprint density at radius 1 is 0.893 bits per heavy atom. The van der Waals surface area contributed by atoms with Crippen molar-refractivity contribution >= 4 is 27.7 Å². The number of hydrogen-bond donors (Lipinski definition) is 1. The van der Waals surface area contributed by atoms with Crippen molar-refractivity contribution in [1.29, 1.82) is 0 Å². The quantitative estimate of drug-likeness (QED) is 0.679. The molecule has 2 amide bonds. The fourth-order valence-electron chi connectivity index (χ4n) is 3.16. The molecule has 2 aromatic heterocycles. The molecule has 0 unspecified atom stereocenters. The van der Waals surface area contributed by atoms with Gasteiger partial charge in [0, 0.05) is 36.8 Å². The molecule has 28 heavy (non-hydrogen) atoms. The van der Waals surface area contributed by atoms with Crippen LogP contribution in [0.2, 0.25) is 0 Å². The third-order valence-corrected chi connectivity index (χ3v) is 5.39. The van der Waals surface area contributed by atoms with E-state index in [9.17, 15) is 9.59 Å². The van der Waals surface area contributed by atoms with E-state index >= 15 is 0 Å². The van der Waals surface area contributed by atoms with Crippen molar-refractivity contribution in [2.45, 2.75) is 0 Å². The molecule has 7 nitrogen and oxygen atoms in total. The monoisotopic (exact) mass is 439 g/mol. The van der Waals surface area contributed by atoms with Crippen LogP contribution < -0.4 is 0 Å². The number of hydrogen-bond acceptors (Lipinski definition) is 4. The summed E-state index contributed by atoms with van der Waals surface area (Å²) in [5.74, 6) is -0.152. The smallest absolute Gasteiger partial charge is 0.272 e. The molecule has 1 aromatic carbocycles. The van der Waals surface area contributed by atoms with E-state index in [0.717, 1.165) is 4.47 Å². The highest BCUT2D eigenvalue weighted by atomic mass is 79.9. The Labute approximate surface area is 170 Å². The lowest BCUT2D eigenvalue weighted by molar-refractivity contribution is 0.0532. The van der Waals surface area contributed by atoms with Crippen LogP contribution in [0.4, 0.5) is 0 Å². The molecule has 0 radical (unpaired) electrons. The topological polar surface area (TPSA) is 82.2 Å². The summed E-state index contributed by atoms with van der Waals surface area (Å²) in [5, 5.41) is 6.99. The van der Waals surface area contributed by atoms with Gasteiger partial charge in [-0.05, 0) is 46.3 Å². The highest BCUT2D eigenvalue weighted by Crippen LogP contribution is 2.20. The van der Waals surface area contributed by atoms with Crippen LogP contribution in [-0.4, -0.2) is 63.0 Å². The maximum absolute atomic E-state index is 12.8. The number of nitrogens with one attached hydrogen (secondary N) is 1. The highest BCUT2D eigenvalue weighted by molar-refractivity contribution is 9.10. The molecule has 1 aliphatic rings. The standard InChI is InChI=1S/C20H18BrN5O2/c21-15-6-2-1-5-14(15)19(27)25-9-11-26(12-10-25)20(28)18-13-17(23-24-18)16-7-3-4-8-22-16/h1-8,13H,9-12H2,(H,23,24). The van der Waals surface area contributed by atoms with Gasteiger partial charge < -0.3 is 9.80 Å². The van der Waals surface area contributed by atoms with Gasteiger partial charge in [0.05, 0.1) is 11.3 Å². The Morgan fingerprint density at radius 3 is 2.25 bits per heavy atom. The van der Waals surface area contributed by atoms with Crippen LogP contribution in [0.15, 0.2) is 59.2 Å². The SMILES string of the molecule is O=C(c1cc(-c2ccccn2)n[nH]1)N1CCN(C(=O)c2ccccc2Br)CC1. The summed E-state index contributed by atoms with van der Waals surface area (Å²) >= 11 is 3.42. The van der Waals surface area contributed by atoms with Crippen LogP contribution in [0.1, 0.15) is 20.8 Å². The van der Waals surface area contributed by atoms with Crippen molar-refractivity contribution in [3.05, 3.63) is 70.5 Å². The minimum atomic E-state index is -0.123. The lowest BCUT2D eigenvalue weighted by Gasteiger charge is -2.34. The van der Waals surface area contributed by atoms with E-state index in [1.54, 1.807) is 28.1 Å². The van der Waals surface area contributed by atoms with Gasteiger partial charge >= 0.3 is 0 Å². The van der Waals surface area contributed by atoms with E-state index in [0.29, 0.717) is 48.8 Å². The fourth-order valence-corrected chi connectivity index (χ4v) is 3.62. The lowest BCUT2D eigenvalue weighted by Crippen LogP contribution is -2.50. The molecule has 1 aliphatic heterocycles. The van der Waals surface area contributed by atoms with Crippen LogP contribution in [0.3, 0.4) is 0 Å². The normalized spacial score (nSPS) is 14.2. The van der Waals surface area contributed by atoms with E-state index < -0.39 is 0 Å². The molecule has 142 valence electrons. The summed E-state index contributed by atoms with van der Waals surface area (Å²) in [5.41, 5.74) is 2.40. The van der Waals surface area contributed by atoms with Gasteiger partial charge in [0.2, 0.25) is 0 Å². The molecular formula is C20H18BrN5O2. The van der Waals surface area contributed by atoms with Crippen molar-refractivity contribution in [1.82, 2.24) is 25.0 Å². The molecule has 0 spiro atoms. The van der Waals surface area contributed by atoms with Crippen molar-refractivity contribution in [2.75, 3.05) is 26.2 Å². The maximum Gasteiger partial charge on any atom is 0.272 e. The Morgan fingerprint density at radius 2 is 1.57 bits per heavy atom. The van der Waals surface area contributed by atoms with Crippen molar-refractivity contribution in [3.63, 3.8) is 0 Å². The summed E-state index contributed by atoms with van der Waals surface area (Å²) in [6.07, 6.45) is 1.69. The van der Waals surface area contributed by atoms with Gasteiger partial charge in [-0.2, -0.15) is 5.10 Å². The molecule has 4 rings (SSSR count). The minimum absolute atomic E-state index is 0.0291. The molecular weight excluding hydrogens is 422 g/mol. The molecule has 1 saturated heterocycles. The zero-order valence-corrected chi connectivity index (χ0v) is 16.6. The second-order valence-electron chi connectivity index (χ2n) is 6.45. The van der Waals surface area contributed by atoms with Gasteiger partial charge in [-0.15, -0.1) is 0 Å². The first kappa shape index (κ1) is 18.4. The number of aromatic amines is 1. The first-order valence-corrected chi connectivity index (χ1v) is 9.72. The second kappa shape index (κ2) is 7.93.